The van der Waals surface area contributed by atoms with Crippen molar-refractivity contribution in [1.82, 2.24) is 0 Å². The minimum Gasteiger partial charge on any atom is -0.393 e. The van der Waals surface area contributed by atoms with E-state index in [0.717, 1.165) is 24.7 Å². The summed E-state index contributed by atoms with van der Waals surface area (Å²) in [4.78, 5) is 0. The van der Waals surface area contributed by atoms with Gasteiger partial charge < -0.3 is 5.11 Å². The van der Waals surface area contributed by atoms with Crippen LogP contribution in [0.5, 0.6) is 0 Å². The van der Waals surface area contributed by atoms with Crippen molar-refractivity contribution in [2.75, 3.05) is 0 Å². The fourth-order valence-electron chi connectivity index (χ4n) is 7.37. The van der Waals surface area contributed by atoms with Gasteiger partial charge >= 0.3 is 0 Å². The van der Waals surface area contributed by atoms with E-state index in [9.17, 15) is 5.11 Å². The molecule has 1 saturated carbocycles. The van der Waals surface area contributed by atoms with Crippen molar-refractivity contribution in [2.45, 2.75) is 99.0 Å². The average molecular weight is 397 g/mol. The molecule has 0 heterocycles. The Morgan fingerprint density at radius 3 is 2.48 bits per heavy atom. The molecule has 0 bridgehead atoms. The van der Waals surface area contributed by atoms with Crippen molar-refractivity contribution < 1.29 is 5.11 Å². The Labute approximate surface area is 179 Å². The minimum absolute atomic E-state index is 0.0555. The summed E-state index contributed by atoms with van der Waals surface area (Å²) in [7, 11) is 0. The summed E-state index contributed by atoms with van der Waals surface area (Å²) in [6.45, 7) is 14.6. The van der Waals surface area contributed by atoms with Crippen LogP contribution < -0.4 is 0 Å². The molecular weight excluding hydrogens is 352 g/mol. The molecule has 1 unspecified atom stereocenters. The Morgan fingerprint density at radius 2 is 1.76 bits per heavy atom. The highest BCUT2D eigenvalue weighted by Gasteiger charge is 2.52. The predicted octanol–water partition coefficient (Wildman–Crippen LogP) is 7.47. The van der Waals surface area contributed by atoms with E-state index in [1.807, 2.05) is 0 Å². The highest BCUT2D eigenvalue weighted by molar-refractivity contribution is 5.49. The lowest BCUT2D eigenvalue weighted by molar-refractivity contribution is 0.0229. The number of hydrogen-bond acceptors (Lipinski definition) is 1. The Bertz CT molecular complexity index is 725. The number of fused-ring (bicyclic) bond motifs is 4. The molecule has 0 saturated heterocycles. The molecule has 1 N–H and O–H groups in total. The SMILES string of the molecule is CC(C)[C@@H](C)/C=C/[C@@H](C)[C@H]1CC=C2C3=C(CC[C@@]21C)[C@@]1(C)CC[C@H](O)CC1CC3. The quantitative estimate of drug-likeness (QED) is 0.488. The topological polar surface area (TPSA) is 20.2 Å². The van der Waals surface area contributed by atoms with Crippen molar-refractivity contribution in [1.29, 1.82) is 0 Å². The average Bonchev–Trinajstić information content (AvgIpc) is 3.03. The maximum atomic E-state index is 10.2. The lowest BCUT2D eigenvalue weighted by Crippen LogP contribution is -2.44. The first-order chi connectivity index (χ1) is 13.7. The second-order valence-corrected chi connectivity index (χ2v) is 11.8. The van der Waals surface area contributed by atoms with E-state index in [1.165, 1.54) is 38.5 Å². The van der Waals surface area contributed by atoms with Gasteiger partial charge in [0.25, 0.3) is 0 Å². The van der Waals surface area contributed by atoms with E-state index >= 15 is 0 Å². The van der Waals surface area contributed by atoms with Gasteiger partial charge in [0, 0.05) is 0 Å². The summed E-state index contributed by atoms with van der Waals surface area (Å²) in [5, 5.41) is 10.2. The van der Waals surface area contributed by atoms with Gasteiger partial charge in [-0.1, -0.05) is 65.3 Å². The minimum atomic E-state index is -0.0555. The molecule has 162 valence electrons. The van der Waals surface area contributed by atoms with Crippen LogP contribution in [-0.2, 0) is 0 Å². The number of aliphatic hydroxyl groups excluding tert-OH is 1. The summed E-state index contributed by atoms with van der Waals surface area (Å²) >= 11 is 0. The Morgan fingerprint density at radius 1 is 1.00 bits per heavy atom. The summed E-state index contributed by atoms with van der Waals surface area (Å²) in [6.07, 6.45) is 17.2. The van der Waals surface area contributed by atoms with E-state index in [4.69, 9.17) is 0 Å². The van der Waals surface area contributed by atoms with Crippen LogP contribution in [0.2, 0.25) is 0 Å². The number of allylic oxidation sites excluding steroid dienone is 6. The van der Waals surface area contributed by atoms with Crippen LogP contribution in [-0.4, -0.2) is 11.2 Å². The molecule has 0 aromatic rings. The fourth-order valence-corrected chi connectivity index (χ4v) is 7.37. The van der Waals surface area contributed by atoms with Crippen molar-refractivity contribution in [3.05, 3.63) is 34.9 Å². The maximum absolute atomic E-state index is 10.2. The van der Waals surface area contributed by atoms with Gasteiger partial charge in [0.1, 0.15) is 0 Å². The number of hydrogen-bond donors (Lipinski definition) is 1. The molecule has 0 radical (unpaired) electrons. The van der Waals surface area contributed by atoms with Gasteiger partial charge in [-0.2, -0.15) is 0 Å². The Hall–Kier alpha value is -0.820. The molecule has 7 atom stereocenters. The Kier molecular flexibility index (Phi) is 5.69. The zero-order valence-electron chi connectivity index (χ0n) is 19.8. The zero-order chi connectivity index (χ0) is 21.0. The summed E-state index contributed by atoms with van der Waals surface area (Å²) in [5.74, 6) is 3.48. The number of rotatable bonds is 4. The van der Waals surface area contributed by atoms with Gasteiger partial charge in [-0.05, 0) is 103 Å². The van der Waals surface area contributed by atoms with Crippen molar-refractivity contribution in [2.24, 2.45) is 40.4 Å². The predicted molar refractivity (Wildman–Crippen MR) is 124 cm³/mol. The lowest BCUT2D eigenvalue weighted by atomic mass is 9.51. The van der Waals surface area contributed by atoms with E-state index < -0.39 is 0 Å². The third-order valence-corrected chi connectivity index (χ3v) is 9.88. The first-order valence-electron chi connectivity index (χ1n) is 12.5. The van der Waals surface area contributed by atoms with Crippen LogP contribution in [0.3, 0.4) is 0 Å². The van der Waals surface area contributed by atoms with Crippen LogP contribution in [0.1, 0.15) is 92.9 Å². The second kappa shape index (κ2) is 7.70. The summed E-state index contributed by atoms with van der Waals surface area (Å²) < 4.78 is 0. The van der Waals surface area contributed by atoms with Crippen LogP contribution >= 0.6 is 0 Å². The second-order valence-electron chi connectivity index (χ2n) is 11.8. The van der Waals surface area contributed by atoms with Crippen molar-refractivity contribution >= 4 is 0 Å². The fraction of sp³-hybridized carbons (Fsp3) is 0.786. The normalized spacial score (nSPS) is 41.8. The molecule has 0 amide bonds. The smallest absolute Gasteiger partial charge is 0.0543 e. The lowest BCUT2D eigenvalue weighted by Gasteiger charge is -2.53. The molecule has 1 nitrogen and oxygen atoms in total. The molecule has 0 aliphatic heterocycles. The van der Waals surface area contributed by atoms with E-state index in [1.54, 1.807) is 16.7 Å². The molecule has 1 fully saturated rings. The molecular formula is C28H44O. The molecule has 29 heavy (non-hydrogen) atoms. The largest absolute Gasteiger partial charge is 0.393 e. The Balaban J connectivity index is 1.58. The van der Waals surface area contributed by atoms with Crippen LogP contribution in [0.4, 0.5) is 0 Å². The van der Waals surface area contributed by atoms with Gasteiger partial charge in [-0.15, -0.1) is 0 Å². The molecule has 0 aromatic carbocycles. The molecule has 0 spiro atoms. The van der Waals surface area contributed by atoms with Gasteiger partial charge in [-0.25, -0.2) is 0 Å². The maximum Gasteiger partial charge on any atom is 0.0543 e. The van der Waals surface area contributed by atoms with Gasteiger partial charge in [0.15, 0.2) is 0 Å². The van der Waals surface area contributed by atoms with Gasteiger partial charge in [0.2, 0.25) is 0 Å². The van der Waals surface area contributed by atoms with E-state index in [-0.39, 0.29) is 6.10 Å². The van der Waals surface area contributed by atoms with Crippen LogP contribution in [0.15, 0.2) is 34.9 Å². The molecule has 4 rings (SSSR count). The van der Waals surface area contributed by atoms with Crippen molar-refractivity contribution in [3.63, 3.8) is 0 Å². The van der Waals surface area contributed by atoms with E-state index in [2.05, 4.69) is 59.8 Å². The summed E-state index contributed by atoms with van der Waals surface area (Å²) in [6, 6.07) is 0. The zero-order valence-corrected chi connectivity index (χ0v) is 19.8. The highest BCUT2D eigenvalue weighted by atomic mass is 16.3. The third kappa shape index (κ3) is 3.50. The molecule has 0 aromatic heterocycles. The first-order valence-corrected chi connectivity index (χ1v) is 12.5. The van der Waals surface area contributed by atoms with Crippen LogP contribution in [0.25, 0.3) is 0 Å². The monoisotopic (exact) mass is 396 g/mol. The van der Waals surface area contributed by atoms with Crippen LogP contribution in [0, 0.1) is 40.4 Å². The molecule has 4 aliphatic rings. The van der Waals surface area contributed by atoms with Gasteiger partial charge in [-0.3, -0.25) is 0 Å². The highest BCUT2D eigenvalue weighted by Crippen LogP contribution is 2.64. The molecule has 1 heteroatoms. The first kappa shape index (κ1) is 21.4. The van der Waals surface area contributed by atoms with Gasteiger partial charge in [0.05, 0.1) is 6.10 Å². The standard InChI is InChI=1S/C28H44O/c1-18(2)19(3)7-8-20(4)24-11-12-25-23-10-9-21-17-22(29)13-15-27(21,5)26(23)14-16-28(24,25)6/h7-8,12,18-22,24,29H,9-11,13-17H2,1-6H3/b8-7+/t19-,20+,21?,22-,24+,27-,28+/m0/s1. The summed E-state index contributed by atoms with van der Waals surface area (Å²) in [5.41, 5.74) is 5.99. The van der Waals surface area contributed by atoms with Crippen molar-refractivity contribution in [3.8, 4) is 0 Å². The number of aliphatic hydroxyl groups is 1. The molecule has 4 aliphatic carbocycles. The third-order valence-electron chi connectivity index (χ3n) is 9.88. The van der Waals surface area contributed by atoms with E-state index in [0.29, 0.717) is 28.6 Å².